The molecule has 0 atom stereocenters. The monoisotopic (exact) mass is 318 g/mol. The minimum atomic E-state index is -0.755. The van der Waals surface area contributed by atoms with E-state index in [1.165, 1.54) is 6.07 Å². The standard InChI is InChI=1S/C10H9BrF2N4O/c11-5-3-8(7(13)4-6(5)12)15-10-17-16-9(18-10)1-2-14/h3-4H,1-2,14H2,(H,15,17). The molecule has 0 unspecified atom stereocenters. The van der Waals surface area contributed by atoms with Crippen LogP contribution in [-0.2, 0) is 6.42 Å². The number of hydrogen-bond acceptors (Lipinski definition) is 5. The van der Waals surface area contributed by atoms with E-state index in [9.17, 15) is 8.78 Å². The maximum Gasteiger partial charge on any atom is 0.320 e. The van der Waals surface area contributed by atoms with Gasteiger partial charge in [-0.15, -0.1) is 5.10 Å². The molecule has 0 amide bonds. The first-order valence-corrected chi connectivity index (χ1v) is 5.83. The molecule has 1 aromatic heterocycles. The Morgan fingerprint density at radius 2 is 2.06 bits per heavy atom. The maximum atomic E-state index is 13.4. The van der Waals surface area contributed by atoms with Crippen LogP contribution in [0.5, 0.6) is 0 Å². The topological polar surface area (TPSA) is 77.0 Å². The summed E-state index contributed by atoms with van der Waals surface area (Å²) in [7, 11) is 0. The van der Waals surface area contributed by atoms with Gasteiger partial charge in [0.05, 0.1) is 10.2 Å². The molecule has 2 aromatic rings. The molecule has 0 saturated carbocycles. The fourth-order valence-corrected chi connectivity index (χ4v) is 1.61. The van der Waals surface area contributed by atoms with E-state index in [1.807, 2.05) is 0 Å². The highest BCUT2D eigenvalue weighted by atomic mass is 79.9. The van der Waals surface area contributed by atoms with E-state index >= 15 is 0 Å². The van der Waals surface area contributed by atoms with Crippen LogP contribution in [0, 0.1) is 11.6 Å². The number of rotatable bonds is 4. The van der Waals surface area contributed by atoms with E-state index in [2.05, 4.69) is 31.4 Å². The Bertz CT molecular complexity index is 561. The molecule has 0 saturated heterocycles. The minimum absolute atomic E-state index is 0.0239. The van der Waals surface area contributed by atoms with Gasteiger partial charge in [-0.25, -0.2) is 8.78 Å². The van der Waals surface area contributed by atoms with Crippen LogP contribution in [0.25, 0.3) is 0 Å². The Morgan fingerprint density at radius 3 is 2.78 bits per heavy atom. The van der Waals surface area contributed by atoms with E-state index < -0.39 is 11.6 Å². The molecular formula is C10H9BrF2N4O. The van der Waals surface area contributed by atoms with E-state index in [1.54, 1.807) is 0 Å². The summed E-state index contributed by atoms with van der Waals surface area (Å²) in [5, 5.41) is 9.93. The SMILES string of the molecule is NCCc1nnc(Nc2cc(Br)c(F)cc2F)o1. The first-order chi connectivity index (χ1) is 8.60. The van der Waals surface area contributed by atoms with E-state index in [-0.39, 0.29) is 16.2 Å². The second kappa shape index (κ2) is 5.40. The molecule has 0 radical (unpaired) electrons. The van der Waals surface area contributed by atoms with Crippen molar-refractivity contribution in [3.8, 4) is 0 Å². The van der Waals surface area contributed by atoms with Crippen LogP contribution < -0.4 is 11.1 Å². The highest BCUT2D eigenvalue weighted by molar-refractivity contribution is 9.10. The van der Waals surface area contributed by atoms with Crippen molar-refractivity contribution in [1.82, 2.24) is 10.2 Å². The lowest BCUT2D eigenvalue weighted by Gasteiger charge is -2.04. The average Bonchev–Trinajstić information content (AvgIpc) is 2.74. The molecule has 2 rings (SSSR count). The Labute approximate surface area is 110 Å². The van der Waals surface area contributed by atoms with Crippen molar-refractivity contribution in [2.24, 2.45) is 5.73 Å². The van der Waals surface area contributed by atoms with Gasteiger partial charge < -0.3 is 15.5 Å². The predicted molar refractivity (Wildman–Crippen MR) is 64.4 cm³/mol. The molecule has 18 heavy (non-hydrogen) atoms. The van der Waals surface area contributed by atoms with Crippen LogP contribution in [0.2, 0.25) is 0 Å². The van der Waals surface area contributed by atoms with Gasteiger partial charge in [0.1, 0.15) is 11.6 Å². The van der Waals surface area contributed by atoms with Crippen molar-refractivity contribution < 1.29 is 13.2 Å². The first-order valence-electron chi connectivity index (χ1n) is 5.04. The quantitative estimate of drug-likeness (QED) is 0.846. The zero-order chi connectivity index (χ0) is 13.1. The zero-order valence-corrected chi connectivity index (χ0v) is 10.7. The fraction of sp³-hybridized carbons (Fsp3) is 0.200. The molecule has 0 fully saturated rings. The van der Waals surface area contributed by atoms with E-state index in [4.69, 9.17) is 10.2 Å². The molecule has 5 nitrogen and oxygen atoms in total. The summed E-state index contributed by atoms with van der Waals surface area (Å²) < 4.78 is 31.8. The smallest absolute Gasteiger partial charge is 0.320 e. The van der Waals surface area contributed by atoms with Crippen molar-refractivity contribution in [2.75, 3.05) is 11.9 Å². The van der Waals surface area contributed by atoms with Crippen molar-refractivity contribution in [3.63, 3.8) is 0 Å². The summed E-state index contributed by atoms with van der Waals surface area (Å²) >= 11 is 2.96. The molecule has 0 aliphatic rings. The molecule has 1 heterocycles. The highest BCUT2D eigenvalue weighted by Gasteiger charge is 2.11. The van der Waals surface area contributed by atoms with Gasteiger partial charge in [0, 0.05) is 19.0 Å². The Morgan fingerprint density at radius 1 is 1.28 bits per heavy atom. The van der Waals surface area contributed by atoms with Crippen LogP contribution in [0.1, 0.15) is 5.89 Å². The summed E-state index contributed by atoms with van der Waals surface area (Å²) in [5.74, 6) is -1.09. The summed E-state index contributed by atoms with van der Waals surface area (Å²) in [6.07, 6.45) is 0.435. The maximum absolute atomic E-state index is 13.4. The van der Waals surface area contributed by atoms with E-state index in [0.29, 0.717) is 18.9 Å². The lowest BCUT2D eigenvalue weighted by atomic mass is 10.3. The van der Waals surface area contributed by atoms with Crippen LogP contribution in [0.15, 0.2) is 21.0 Å². The summed E-state index contributed by atoms with van der Waals surface area (Å²) in [5.41, 5.74) is 5.36. The number of aromatic nitrogens is 2. The number of nitrogens with two attached hydrogens (primary N) is 1. The van der Waals surface area contributed by atoms with Crippen LogP contribution in [0.4, 0.5) is 20.5 Å². The molecule has 1 aromatic carbocycles. The summed E-state index contributed by atoms with van der Waals surface area (Å²) in [4.78, 5) is 0. The van der Waals surface area contributed by atoms with Crippen LogP contribution in [0.3, 0.4) is 0 Å². The molecular weight excluding hydrogens is 310 g/mol. The first kappa shape index (κ1) is 12.9. The number of halogens is 3. The van der Waals surface area contributed by atoms with Gasteiger partial charge in [-0.05, 0) is 22.0 Å². The third-order valence-electron chi connectivity index (χ3n) is 2.08. The summed E-state index contributed by atoms with van der Waals surface area (Å²) in [6, 6.07) is 2.02. The third kappa shape index (κ3) is 2.82. The van der Waals surface area contributed by atoms with Gasteiger partial charge in [0.25, 0.3) is 0 Å². The lowest BCUT2D eigenvalue weighted by molar-refractivity contribution is 0.508. The number of benzene rings is 1. The number of nitrogens with one attached hydrogen (secondary N) is 1. The van der Waals surface area contributed by atoms with Crippen molar-refractivity contribution >= 4 is 27.6 Å². The van der Waals surface area contributed by atoms with Gasteiger partial charge in [0.2, 0.25) is 5.89 Å². The van der Waals surface area contributed by atoms with Gasteiger partial charge >= 0.3 is 6.01 Å². The number of hydrogen-bond donors (Lipinski definition) is 2. The van der Waals surface area contributed by atoms with Gasteiger partial charge in [-0.3, -0.25) is 0 Å². The fourth-order valence-electron chi connectivity index (χ4n) is 1.26. The number of anilines is 2. The molecule has 96 valence electrons. The van der Waals surface area contributed by atoms with Gasteiger partial charge in [-0.1, -0.05) is 5.10 Å². The zero-order valence-electron chi connectivity index (χ0n) is 9.08. The molecule has 0 spiro atoms. The van der Waals surface area contributed by atoms with Crippen LogP contribution in [-0.4, -0.2) is 16.7 Å². The molecule has 3 N–H and O–H groups in total. The predicted octanol–water partition coefficient (Wildman–Crippen LogP) is 2.36. The normalized spacial score (nSPS) is 10.7. The summed E-state index contributed by atoms with van der Waals surface area (Å²) in [6.45, 7) is 0.373. The lowest BCUT2D eigenvalue weighted by Crippen LogP contribution is -2.02. The molecule has 0 bridgehead atoms. The van der Waals surface area contributed by atoms with Crippen LogP contribution >= 0.6 is 15.9 Å². The minimum Gasteiger partial charge on any atom is -0.408 e. The Kier molecular flexibility index (Phi) is 3.87. The largest absolute Gasteiger partial charge is 0.408 e. The van der Waals surface area contributed by atoms with Crippen molar-refractivity contribution in [1.29, 1.82) is 0 Å². The van der Waals surface area contributed by atoms with Crippen molar-refractivity contribution in [2.45, 2.75) is 6.42 Å². The van der Waals surface area contributed by atoms with Gasteiger partial charge in [-0.2, -0.15) is 0 Å². The van der Waals surface area contributed by atoms with Crippen molar-refractivity contribution in [3.05, 3.63) is 34.1 Å². The number of nitrogens with zero attached hydrogens (tertiary/aromatic N) is 2. The third-order valence-corrected chi connectivity index (χ3v) is 2.68. The second-order valence-corrected chi connectivity index (χ2v) is 4.27. The average molecular weight is 319 g/mol. The highest BCUT2D eigenvalue weighted by Crippen LogP contribution is 2.25. The van der Waals surface area contributed by atoms with E-state index in [0.717, 1.165) is 6.07 Å². The Balaban J connectivity index is 2.20. The Hall–Kier alpha value is -1.54. The molecule has 8 heteroatoms. The second-order valence-electron chi connectivity index (χ2n) is 3.41. The molecule has 0 aliphatic heterocycles. The molecule has 0 aliphatic carbocycles. The van der Waals surface area contributed by atoms with Gasteiger partial charge in [0.15, 0.2) is 0 Å².